The number of nitrogens with one attached hydrogen (secondary N) is 4. The van der Waals surface area contributed by atoms with E-state index in [4.69, 9.17) is 9.47 Å². The Labute approximate surface area is 324 Å². The highest BCUT2D eigenvalue weighted by molar-refractivity contribution is 5.91. The molecular weight excluding hydrogens is 702 g/mol. The van der Waals surface area contributed by atoms with Crippen molar-refractivity contribution >= 4 is 23.8 Å². The molecule has 4 rings (SSSR count). The van der Waals surface area contributed by atoms with Gasteiger partial charge in [-0.15, -0.1) is 0 Å². The Morgan fingerprint density at radius 1 is 0.964 bits per heavy atom. The number of rotatable bonds is 18. The first kappa shape index (κ1) is 42.8. The van der Waals surface area contributed by atoms with Crippen molar-refractivity contribution in [1.82, 2.24) is 35.8 Å². The van der Waals surface area contributed by atoms with Crippen molar-refractivity contribution in [3.8, 4) is 5.75 Å². The van der Waals surface area contributed by atoms with Gasteiger partial charge in [0.25, 0.3) is 0 Å². The van der Waals surface area contributed by atoms with Crippen LogP contribution in [0.4, 0.5) is 4.79 Å². The lowest BCUT2D eigenvalue weighted by molar-refractivity contribution is -0.141. The number of aliphatic hydroxyl groups excluding tert-OH is 1. The number of hydrogen-bond donors (Lipinski definition) is 5. The molecule has 2 aromatic heterocycles. The first-order chi connectivity index (χ1) is 26.2. The molecular formula is C41H59N7O7. The molecule has 3 aromatic rings. The molecule has 0 saturated heterocycles. The van der Waals surface area contributed by atoms with Crippen LogP contribution in [-0.4, -0.2) is 92.8 Å². The number of nitrogens with zero attached hydrogens (tertiary/aromatic N) is 3. The summed E-state index contributed by atoms with van der Waals surface area (Å²) in [4.78, 5) is 67.5. The second-order valence-electron chi connectivity index (χ2n) is 15.6. The van der Waals surface area contributed by atoms with E-state index >= 15 is 0 Å². The number of methoxy groups -OCH3 is 1. The van der Waals surface area contributed by atoms with Crippen molar-refractivity contribution in [2.75, 3.05) is 14.2 Å². The van der Waals surface area contributed by atoms with E-state index < -0.39 is 53.7 Å². The van der Waals surface area contributed by atoms with Gasteiger partial charge in [0.1, 0.15) is 23.4 Å². The highest BCUT2D eigenvalue weighted by atomic mass is 16.6. The number of ether oxygens (including phenoxy) is 2. The molecule has 14 heteroatoms. The average molecular weight is 762 g/mol. The van der Waals surface area contributed by atoms with Gasteiger partial charge in [0.15, 0.2) is 0 Å². The summed E-state index contributed by atoms with van der Waals surface area (Å²) < 4.78 is 10.8. The molecule has 4 amide bonds. The van der Waals surface area contributed by atoms with Crippen LogP contribution in [-0.2, 0) is 38.5 Å². The fourth-order valence-electron chi connectivity index (χ4n) is 6.93. The normalized spacial score (nSPS) is 16.1. The predicted octanol–water partition coefficient (Wildman–Crippen LogP) is 4.48. The van der Waals surface area contributed by atoms with Crippen LogP contribution in [0.2, 0.25) is 0 Å². The number of hydrogen-bond acceptors (Lipinski definition) is 9. The fourth-order valence-corrected chi connectivity index (χ4v) is 6.93. The monoisotopic (exact) mass is 761 g/mol. The topological polar surface area (TPSA) is 188 Å². The number of imidazole rings is 1. The van der Waals surface area contributed by atoms with E-state index in [9.17, 15) is 24.3 Å². The summed E-state index contributed by atoms with van der Waals surface area (Å²) in [5.74, 6) is -0.803. The lowest BCUT2D eigenvalue weighted by Gasteiger charge is -2.35. The van der Waals surface area contributed by atoms with E-state index in [2.05, 4.69) is 30.9 Å². The number of alkyl carbamates (subject to hydrolysis) is 1. The molecule has 1 fully saturated rings. The van der Waals surface area contributed by atoms with Gasteiger partial charge in [-0.3, -0.25) is 19.4 Å². The lowest BCUT2D eigenvalue weighted by atomic mass is 9.82. The van der Waals surface area contributed by atoms with Crippen molar-refractivity contribution < 1.29 is 33.8 Å². The smallest absolute Gasteiger partial charge is 0.408 e. The summed E-state index contributed by atoms with van der Waals surface area (Å²) in [6, 6.07) is 8.02. The molecule has 5 N–H and O–H groups in total. The fraction of sp³-hybridized carbons (Fsp3) is 0.561. The van der Waals surface area contributed by atoms with Gasteiger partial charge in [0.05, 0.1) is 25.6 Å². The van der Waals surface area contributed by atoms with Crippen LogP contribution in [0, 0.1) is 11.8 Å². The summed E-state index contributed by atoms with van der Waals surface area (Å²) in [7, 11) is 3.09. The molecule has 14 nitrogen and oxygen atoms in total. The van der Waals surface area contributed by atoms with E-state index in [-0.39, 0.29) is 25.2 Å². The minimum Gasteiger partial charge on any atom is -0.497 e. The number of amides is 4. The molecule has 55 heavy (non-hydrogen) atoms. The van der Waals surface area contributed by atoms with Gasteiger partial charge in [0, 0.05) is 56.6 Å². The minimum atomic E-state index is -1.08. The highest BCUT2D eigenvalue weighted by Gasteiger charge is 2.36. The Kier molecular flexibility index (Phi) is 16.0. The third kappa shape index (κ3) is 14.0. The maximum atomic E-state index is 14.5. The van der Waals surface area contributed by atoms with Crippen molar-refractivity contribution in [2.24, 2.45) is 11.8 Å². The van der Waals surface area contributed by atoms with Crippen molar-refractivity contribution in [3.05, 3.63) is 78.1 Å². The highest BCUT2D eigenvalue weighted by Crippen LogP contribution is 2.29. The van der Waals surface area contributed by atoms with Crippen LogP contribution >= 0.6 is 0 Å². The number of pyridine rings is 1. The Morgan fingerprint density at radius 3 is 2.31 bits per heavy atom. The van der Waals surface area contributed by atoms with Crippen molar-refractivity contribution in [3.63, 3.8) is 0 Å². The van der Waals surface area contributed by atoms with E-state index in [1.165, 1.54) is 18.3 Å². The van der Waals surface area contributed by atoms with Crippen molar-refractivity contribution in [2.45, 2.75) is 122 Å². The van der Waals surface area contributed by atoms with Crippen LogP contribution in [0.25, 0.3) is 0 Å². The molecule has 0 unspecified atom stereocenters. The lowest BCUT2D eigenvalue weighted by Crippen LogP contribution is -2.58. The molecule has 1 aromatic carbocycles. The molecule has 0 radical (unpaired) electrons. The average Bonchev–Trinajstić information content (AvgIpc) is 3.68. The summed E-state index contributed by atoms with van der Waals surface area (Å²) in [5, 5.41) is 20.4. The largest absolute Gasteiger partial charge is 0.497 e. The second-order valence-corrected chi connectivity index (χ2v) is 15.6. The van der Waals surface area contributed by atoms with Crippen LogP contribution in [0.3, 0.4) is 0 Å². The quantitative estimate of drug-likeness (QED) is 0.125. The van der Waals surface area contributed by atoms with Gasteiger partial charge < -0.3 is 40.4 Å². The molecule has 1 aliphatic rings. The Hall–Kier alpha value is -4.98. The molecule has 2 heterocycles. The number of benzene rings is 1. The van der Waals surface area contributed by atoms with Crippen LogP contribution in [0.5, 0.6) is 5.75 Å². The minimum absolute atomic E-state index is 0.0924. The molecule has 0 spiro atoms. The maximum absolute atomic E-state index is 14.5. The van der Waals surface area contributed by atoms with Crippen LogP contribution in [0.1, 0.15) is 89.5 Å². The standard InChI is InChI=1S/C41H59N7O7/c1-27(37(50)44-24-30-13-10-18-42-23-30)19-36(49)33(20-28-11-8-7-9-12-28)46-38(51)35(22-31-25-43-26-45-31)48(5)39(52)34(47-40(53)55-41(2,3)4)21-29-14-16-32(54-6)17-15-29/h10,13-18,23,25-28,33-36,49H,7-9,11-12,19-22,24H2,1-6H3,(H,43,45)(H,44,50)(H,46,51)(H,47,53)/t27-,33+,34+,35+,36+/m1/s1. The first-order valence-corrected chi connectivity index (χ1v) is 19.2. The molecule has 5 atom stereocenters. The molecule has 0 bridgehead atoms. The maximum Gasteiger partial charge on any atom is 0.408 e. The number of aliphatic hydroxyl groups is 1. The predicted molar refractivity (Wildman–Crippen MR) is 208 cm³/mol. The summed E-state index contributed by atoms with van der Waals surface area (Å²) >= 11 is 0. The third-order valence-electron chi connectivity index (χ3n) is 10.0. The van der Waals surface area contributed by atoms with Gasteiger partial charge in [-0.1, -0.05) is 57.2 Å². The van der Waals surface area contributed by atoms with Crippen molar-refractivity contribution in [1.29, 1.82) is 0 Å². The molecule has 1 saturated carbocycles. The van der Waals surface area contributed by atoms with Gasteiger partial charge in [0.2, 0.25) is 17.7 Å². The van der Waals surface area contributed by atoms with Crippen LogP contribution < -0.4 is 20.7 Å². The van der Waals surface area contributed by atoms with E-state index in [1.807, 2.05) is 18.2 Å². The summed E-state index contributed by atoms with van der Waals surface area (Å²) in [6.07, 6.45) is 10.8. The zero-order valence-corrected chi connectivity index (χ0v) is 33.0. The molecule has 300 valence electrons. The molecule has 1 aliphatic carbocycles. The first-order valence-electron chi connectivity index (χ1n) is 19.2. The Balaban J connectivity index is 1.55. The van der Waals surface area contributed by atoms with Crippen LogP contribution in [0.15, 0.2) is 61.3 Å². The zero-order chi connectivity index (χ0) is 40.0. The van der Waals surface area contributed by atoms with E-state index in [0.717, 1.165) is 43.2 Å². The number of aromatic amines is 1. The van der Waals surface area contributed by atoms with Gasteiger partial charge >= 0.3 is 6.09 Å². The number of carbonyl (C=O) groups excluding carboxylic acids is 4. The zero-order valence-electron chi connectivity index (χ0n) is 33.0. The summed E-state index contributed by atoms with van der Waals surface area (Å²) in [5.41, 5.74) is 1.43. The van der Waals surface area contributed by atoms with Gasteiger partial charge in [-0.05, 0) is 68.9 Å². The number of H-pyrrole nitrogens is 1. The number of likely N-dealkylation sites (N-methyl/N-ethyl adjacent to an activating group) is 1. The Bertz CT molecular complexity index is 1640. The Morgan fingerprint density at radius 2 is 1.69 bits per heavy atom. The van der Waals surface area contributed by atoms with Gasteiger partial charge in [-0.25, -0.2) is 9.78 Å². The number of carbonyl (C=O) groups is 4. The third-order valence-corrected chi connectivity index (χ3v) is 10.0. The van der Waals surface area contributed by atoms with E-state index in [0.29, 0.717) is 30.3 Å². The SMILES string of the molecule is COc1ccc(C[C@H](NC(=O)OC(C)(C)C)C(=O)N(C)[C@@H](Cc2cnc[nH]2)C(=O)N[C@@H](CC2CCCCC2)[C@@H](O)C[C@@H](C)C(=O)NCc2cccnc2)cc1. The molecule has 0 aliphatic heterocycles. The summed E-state index contributed by atoms with van der Waals surface area (Å²) in [6.45, 7) is 7.27. The van der Waals surface area contributed by atoms with E-state index in [1.54, 1.807) is 71.6 Å². The second kappa shape index (κ2) is 20.6. The van der Waals surface area contributed by atoms with Gasteiger partial charge in [-0.2, -0.15) is 0 Å². The number of aromatic nitrogens is 3.